The van der Waals surface area contributed by atoms with Gasteiger partial charge in [0.2, 0.25) is 0 Å². The van der Waals surface area contributed by atoms with Gasteiger partial charge in [0.15, 0.2) is 6.29 Å². The van der Waals surface area contributed by atoms with Crippen molar-refractivity contribution in [2.24, 2.45) is 23.7 Å². The minimum absolute atomic E-state index is 0.0510. The maximum atomic E-state index is 10.8. The first kappa shape index (κ1) is 24.5. The van der Waals surface area contributed by atoms with E-state index in [9.17, 15) is 5.11 Å². The number of aliphatic hydroxyl groups excluding tert-OH is 1. The second-order valence-corrected chi connectivity index (χ2v) is 8.82. The van der Waals surface area contributed by atoms with Crippen molar-refractivity contribution >= 4 is 0 Å². The molecule has 0 bridgehead atoms. The van der Waals surface area contributed by atoms with Crippen LogP contribution in [0.3, 0.4) is 0 Å². The number of methoxy groups -OCH3 is 3. The van der Waals surface area contributed by atoms with E-state index in [0.29, 0.717) is 17.8 Å². The van der Waals surface area contributed by atoms with Crippen molar-refractivity contribution in [1.29, 1.82) is 0 Å². The lowest BCUT2D eigenvalue weighted by molar-refractivity contribution is -0.205. The van der Waals surface area contributed by atoms with Gasteiger partial charge in [-0.1, -0.05) is 39.0 Å². The maximum Gasteiger partial charge on any atom is 0.158 e. The Morgan fingerprint density at radius 2 is 1.86 bits per heavy atom. The molecule has 1 aliphatic heterocycles. The van der Waals surface area contributed by atoms with Gasteiger partial charge in [-0.25, -0.2) is 0 Å². The van der Waals surface area contributed by atoms with E-state index in [2.05, 4.69) is 39.8 Å². The van der Waals surface area contributed by atoms with E-state index >= 15 is 0 Å². The molecule has 1 unspecified atom stereocenters. The van der Waals surface area contributed by atoms with E-state index in [1.54, 1.807) is 21.3 Å². The average Bonchev–Trinajstić information content (AvgIpc) is 3.54. The highest BCUT2D eigenvalue weighted by atomic mass is 16.7. The van der Waals surface area contributed by atoms with Gasteiger partial charge in [0.05, 0.1) is 18.3 Å². The molecule has 168 valence electrons. The SMILES string of the molecule is CC[C@H](OC)[C@@H](C)[C@H]1CC1[C@H](O)[C@@H](C)/C=C/C=C(\C)[C@H]1O[C@@H](OC)CC[C@H]1OC. The molecule has 0 aromatic heterocycles. The van der Waals surface area contributed by atoms with Gasteiger partial charge >= 0.3 is 0 Å². The van der Waals surface area contributed by atoms with Crippen LogP contribution in [0.2, 0.25) is 0 Å². The molecule has 2 aliphatic rings. The molecule has 29 heavy (non-hydrogen) atoms. The summed E-state index contributed by atoms with van der Waals surface area (Å²) in [4.78, 5) is 0. The molecule has 0 aromatic rings. The van der Waals surface area contributed by atoms with Crippen LogP contribution in [-0.2, 0) is 18.9 Å². The Morgan fingerprint density at radius 1 is 1.14 bits per heavy atom. The third-order valence-corrected chi connectivity index (χ3v) is 6.95. The molecule has 0 aromatic carbocycles. The molecular weight excluding hydrogens is 368 g/mol. The lowest BCUT2D eigenvalue weighted by Gasteiger charge is -2.35. The Hall–Kier alpha value is -0.720. The fraction of sp³-hybridized carbons (Fsp3) is 0.833. The average molecular weight is 411 g/mol. The third-order valence-electron chi connectivity index (χ3n) is 6.95. The molecule has 2 rings (SSSR count). The summed E-state index contributed by atoms with van der Waals surface area (Å²) >= 11 is 0. The van der Waals surface area contributed by atoms with Gasteiger partial charge in [-0.05, 0) is 49.5 Å². The number of rotatable bonds is 11. The van der Waals surface area contributed by atoms with Crippen molar-refractivity contribution in [3.05, 3.63) is 23.8 Å². The Balaban J connectivity index is 1.90. The zero-order valence-electron chi connectivity index (χ0n) is 19.3. The maximum absolute atomic E-state index is 10.8. The Morgan fingerprint density at radius 3 is 2.45 bits per heavy atom. The molecule has 1 N–H and O–H groups in total. The van der Waals surface area contributed by atoms with Crippen LogP contribution < -0.4 is 0 Å². The van der Waals surface area contributed by atoms with Gasteiger partial charge in [-0.15, -0.1) is 0 Å². The van der Waals surface area contributed by atoms with E-state index in [-0.39, 0.29) is 36.6 Å². The van der Waals surface area contributed by atoms with Crippen LogP contribution in [0.4, 0.5) is 0 Å². The molecule has 9 atom stereocenters. The molecule has 2 fully saturated rings. The van der Waals surface area contributed by atoms with E-state index in [0.717, 1.165) is 31.3 Å². The van der Waals surface area contributed by atoms with Crippen molar-refractivity contribution in [3.8, 4) is 0 Å². The number of hydrogen-bond donors (Lipinski definition) is 1. The highest BCUT2D eigenvalue weighted by Gasteiger charge is 2.48. The topological polar surface area (TPSA) is 57.2 Å². The number of hydrogen-bond acceptors (Lipinski definition) is 5. The van der Waals surface area contributed by atoms with Crippen LogP contribution in [0.25, 0.3) is 0 Å². The minimum Gasteiger partial charge on any atom is -0.392 e. The van der Waals surface area contributed by atoms with Crippen LogP contribution >= 0.6 is 0 Å². The summed E-state index contributed by atoms with van der Waals surface area (Å²) < 4.78 is 22.6. The molecular formula is C24H42O5. The molecule has 5 heteroatoms. The smallest absolute Gasteiger partial charge is 0.158 e. The first-order chi connectivity index (χ1) is 13.9. The van der Waals surface area contributed by atoms with E-state index in [1.807, 2.05) is 6.08 Å². The predicted molar refractivity (Wildman–Crippen MR) is 116 cm³/mol. The molecule has 1 heterocycles. The zero-order valence-corrected chi connectivity index (χ0v) is 19.3. The standard InChI is InChI=1S/C24H42O5/c1-8-20(26-5)17(4)18-14-19(18)23(25)15(2)10-9-11-16(3)24-21(27-6)12-13-22(28-7)29-24/h9-11,15,17-25H,8,12-14H2,1-7H3/b10-9+,16-11+/t15-,17-,18+,19?,20-,21+,22+,23+,24+/m0/s1. The van der Waals surface area contributed by atoms with Gasteiger partial charge in [0.25, 0.3) is 0 Å². The lowest BCUT2D eigenvalue weighted by atomic mass is 9.91. The summed E-state index contributed by atoms with van der Waals surface area (Å²) in [7, 11) is 5.20. The van der Waals surface area contributed by atoms with E-state index in [4.69, 9.17) is 18.9 Å². The highest BCUT2D eigenvalue weighted by Crippen LogP contribution is 2.49. The summed E-state index contributed by atoms with van der Waals surface area (Å²) in [5.41, 5.74) is 1.11. The largest absolute Gasteiger partial charge is 0.392 e. The fourth-order valence-corrected chi connectivity index (χ4v) is 4.83. The number of ether oxygens (including phenoxy) is 4. The summed E-state index contributed by atoms with van der Waals surface area (Å²) in [6.45, 7) is 8.57. The fourth-order valence-electron chi connectivity index (χ4n) is 4.83. The summed E-state index contributed by atoms with van der Waals surface area (Å²) in [6, 6.07) is 0. The Bertz CT molecular complexity index is 541. The highest BCUT2D eigenvalue weighted by molar-refractivity contribution is 5.17. The van der Waals surface area contributed by atoms with Crippen molar-refractivity contribution < 1.29 is 24.1 Å². The molecule has 1 saturated heterocycles. The van der Waals surface area contributed by atoms with Gasteiger partial charge in [-0.2, -0.15) is 0 Å². The quantitative estimate of drug-likeness (QED) is 0.513. The van der Waals surface area contributed by atoms with E-state index in [1.165, 1.54) is 0 Å². The third kappa shape index (κ3) is 6.38. The van der Waals surface area contributed by atoms with Crippen molar-refractivity contribution in [2.75, 3.05) is 21.3 Å². The summed E-state index contributed by atoms with van der Waals surface area (Å²) in [6.07, 6.45) is 9.85. The minimum atomic E-state index is -0.308. The van der Waals surface area contributed by atoms with Crippen LogP contribution in [0, 0.1) is 23.7 Å². The molecule has 1 aliphatic carbocycles. The Labute approximate surface area is 177 Å². The molecule has 5 nitrogen and oxygen atoms in total. The lowest BCUT2D eigenvalue weighted by Crippen LogP contribution is -2.41. The Kier molecular flexibility index (Phi) is 9.83. The second kappa shape index (κ2) is 11.6. The van der Waals surface area contributed by atoms with Crippen LogP contribution in [0.15, 0.2) is 23.8 Å². The van der Waals surface area contributed by atoms with Gasteiger partial charge in [0, 0.05) is 33.7 Å². The zero-order chi connectivity index (χ0) is 21.6. The summed E-state index contributed by atoms with van der Waals surface area (Å²) in [5.74, 6) is 1.54. The second-order valence-electron chi connectivity index (χ2n) is 8.82. The molecule has 1 saturated carbocycles. The van der Waals surface area contributed by atoms with Crippen LogP contribution in [0.1, 0.15) is 53.4 Å². The van der Waals surface area contributed by atoms with Crippen molar-refractivity contribution in [2.45, 2.75) is 84.1 Å². The molecule has 0 amide bonds. The molecule has 0 spiro atoms. The normalized spacial score (nSPS) is 34.8. The van der Waals surface area contributed by atoms with Gasteiger partial charge in [0.1, 0.15) is 6.10 Å². The van der Waals surface area contributed by atoms with Gasteiger partial charge < -0.3 is 24.1 Å². The first-order valence-electron chi connectivity index (χ1n) is 11.1. The van der Waals surface area contributed by atoms with Gasteiger partial charge in [-0.3, -0.25) is 0 Å². The first-order valence-corrected chi connectivity index (χ1v) is 11.1. The van der Waals surface area contributed by atoms with Crippen LogP contribution in [-0.4, -0.2) is 57.1 Å². The van der Waals surface area contributed by atoms with E-state index < -0.39 is 0 Å². The summed E-state index contributed by atoms with van der Waals surface area (Å²) in [5, 5.41) is 10.8. The van der Waals surface area contributed by atoms with Crippen LogP contribution in [0.5, 0.6) is 0 Å². The number of allylic oxidation sites excluding steroid dienone is 2. The van der Waals surface area contributed by atoms with Crippen molar-refractivity contribution in [1.82, 2.24) is 0 Å². The van der Waals surface area contributed by atoms with Crippen molar-refractivity contribution in [3.63, 3.8) is 0 Å². The number of aliphatic hydroxyl groups is 1. The monoisotopic (exact) mass is 410 g/mol. The predicted octanol–water partition coefficient (Wildman–Crippen LogP) is 4.35. The molecule has 0 radical (unpaired) electrons.